The van der Waals surface area contributed by atoms with Crippen molar-refractivity contribution in [2.45, 2.75) is 25.4 Å². The zero-order valence-corrected chi connectivity index (χ0v) is 12.3. The number of nitrogens with two attached hydrogens (primary N) is 1. The molecule has 1 aromatic rings. The van der Waals surface area contributed by atoms with Crippen LogP contribution in [0.15, 0.2) is 24.3 Å². The first-order valence-electron chi connectivity index (χ1n) is 6.53. The fourth-order valence-electron chi connectivity index (χ4n) is 1.75. The van der Waals surface area contributed by atoms with E-state index in [1.807, 2.05) is 24.3 Å². The first-order chi connectivity index (χ1) is 9.53. The van der Waals surface area contributed by atoms with Crippen LogP contribution in [-0.4, -0.2) is 32.4 Å². The van der Waals surface area contributed by atoms with E-state index in [1.54, 1.807) is 7.05 Å². The number of rotatable bonds is 5. The minimum atomic E-state index is -3.42. The fraction of sp³-hybridized carbons (Fsp3) is 0.429. The van der Waals surface area contributed by atoms with E-state index < -0.39 is 10.2 Å². The van der Waals surface area contributed by atoms with Crippen molar-refractivity contribution in [3.8, 4) is 11.8 Å². The van der Waals surface area contributed by atoms with Gasteiger partial charge in [-0.15, -0.1) is 0 Å². The molecule has 1 fully saturated rings. The lowest BCUT2D eigenvalue weighted by molar-refractivity contribution is 0.454. The lowest BCUT2D eigenvalue weighted by atomic mass is 10.1. The average molecular weight is 293 g/mol. The predicted octanol–water partition coefficient (Wildman–Crippen LogP) is 0.425. The summed E-state index contributed by atoms with van der Waals surface area (Å²) in [4.78, 5) is 0. The smallest absolute Gasteiger partial charge is 0.279 e. The summed E-state index contributed by atoms with van der Waals surface area (Å²) in [5, 5.41) is 0. The van der Waals surface area contributed by atoms with Gasteiger partial charge in [0.2, 0.25) is 0 Å². The molecule has 1 aliphatic rings. The molecule has 0 bridgehead atoms. The van der Waals surface area contributed by atoms with Gasteiger partial charge in [-0.1, -0.05) is 30.0 Å². The first-order valence-corrected chi connectivity index (χ1v) is 7.97. The van der Waals surface area contributed by atoms with E-state index in [1.165, 1.54) is 4.31 Å². The Morgan fingerprint density at radius 3 is 2.75 bits per heavy atom. The third-order valence-corrected chi connectivity index (χ3v) is 4.62. The molecule has 1 aromatic carbocycles. The molecule has 1 saturated carbocycles. The van der Waals surface area contributed by atoms with Crippen molar-refractivity contribution < 1.29 is 8.42 Å². The molecule has 0 unspecified atom stereocenters. The summed E-state index contributed by atoms with van der Waals surface area (Å²) in [5.41, 5.74) is 7.05. The van der Waals surface area contributed by atoms with Crippen LogP contribution < -0.4 is 10.5 Å². The van der Waals surface area contributed by atoms with E-state index in [0.29, 0.717) is 0 Å². The minimum Gasteiger partial charge on any atom is -0.320 e. The van der Waals surface area contributed by atoms with Gasteiger partial charge in [-0.3, -0.25) is 0 Å². The van der Waals surface area contributed by atoms with Crippen LogP contribution in [-0.2, 0) is 16.8 Å². The highest BCUT2D eigenvalue weighted by Crippen LogP contribution is 2.21. The molecule has 108 valence electrons. The molecular weight excluding hydrogens is 274 g/mol. The van der Waals surface area contributed by atoms with Crippen LogP contribution in [0.2, 0.25) is 0 Å². The maximum Gasteiger partial charge on any atom is 0.279 e. The second-order valence-corrected chi connectivity index (χ2v) is 6.63. The van der Waals surface area contributed by atoms with Crippen LogP contribution in [0.5, 0.6) is 0 Å². The van der Waals surface area contributed by atoms with Crippen molar-refractivity contribution in [2.24, 2.45) is 5.73 Å². The van der Waals surface area contributed by atoms with Crippen LogP contribution >= 0.6 is 0 Å². The lowest BCUT2D eigenvalue weighted by Gasteiger charge is -2.18. The zero-order valence-electron chi connectivity index (χ0n) is 11.5. The molecule has 6 heteroatoms. The molecule has 0 radical (unpaired) electrons. The largest absolute Gasteiger partial charge is 0.320 e. The first kappa shape index (κ1) is 15.0. The Labute approximate surface area is 120 Å². The second-order valence-electron chi connectivity index (χ2n) is 4.82. The van der Waals surface area contributed by atoms with Crippen molar-refractivity contribution in [2.75, 3.05) is 13.6 Å². The van der Waals surface area contributed by atoms with Gasteiger partial charge in [0, 0.05) is 25.2 Å². The van der Waals surface area contributed by atoms with Gasteiger partial charge in [-0.2, -0.15) is 17.4 Å². The van der Waals surface area contributed by atoms with Gasteiger partial charge in [-0.25, -0.2) is 0 Å². The molecule has 0 aliphatic heterocycles. The number of nitrogens with zero attached hydrogens (tertiary/aromatic N) is 1. The molecule has 0 atom stereocenters. The van der Waals surface area contributed by atoms with Gasteiger partial charge < -0.3 is 5.73 Å². The van der Waals surface area contributed by atoms with Crippen LogP contribution in [0.3, 0.4) is 0 Å². The Morgan fingerprint density at radius 2 is 2.10 bits per heavy atom. The van der Waals surface area contributed by atoms with E-state index in [2.05, 4.69) is 16.6 Å². The van der Waals surface area contributed by atoms with E-state index in [0.717, 1.165) is 24.0 Å². The highest BCUT2D eigenvalue weighted by atomic mass is 32.2. The monoisotopic (exact) mass is 293 g/mol. The summed E-state index contributed by atoms with van der Waals surface area (Å²) in [6.07, 6.45) is 1.84. The van der Waals surface area contributed by atoms with Crippen LogP contribution in [0.25, 0.3) is 0 Å². The van der Waals surface area contributed by atoms with Gasteiger partial charge in [0.05, 0.1) is 6.54 Å². The minimum absolute atomic E-state index is 0.106. The highest BCUT2D eigenvalue weighted by molar-refractivity contribution is 7.87. The molecule has 2 rings (SSSR count). The standard InChI is InChI=1S/C14H19N3O2S/c1-17(20(18,19)16-14-8-9-14)11-13-6-3-2-5-12(13)7-4-10-15/h2-3,5-6,14,16H,8-11,15H2,1H3. The summed E-state index contributed by atoms with van der Waals surface area (Å²) in [6, 6.07) is 7.60. The van der Waals surface area contributed by atoms with Crippen LogP contribution in [0.4, 0.5) is 0 Å². The van der Waals surface area contributed by atoms with E-state index in [-0.39, 0.29) is 19.1 Å². The number of nitrogens with one attached hydrogen (secondary N) is 1. The summed E-state index contributed by atoms with van der Waals surface area (Å²) in [7, 11) is -1.85. The molecule has 3 N–H and O–H groups in total. The molecule has 0 heterocycles. The predicted molar refractivity (Wildman–Crippen MR) is 78.9 cm³/mol. The second kappa shape index (κ2) is 6.37. The normalized spacial score (nSPS) is 14.9. The number of hydrogen-bond donors (Lipinski definition) is 2. The maximum atomic E-state index is 12.1. The van der Waals surface area contributed by atoms with Gasteiger partial charge in [-0.05, 0) is 24.5 Å². The van der Waals surface area contributed by atoms with Crippen molar-refractivity contribution >= 4 is 10.2 Å². The molecule has 0 spiro atoms. The number of hydrogen-bond acceptors (Lipinski definition) is 3. The molecule has 5 nitrogen and oxygen atoms in total. The SMILES string of the molecule is CN(Cc1ccccc1C#CCN)S(=O)(=O)NC1CC1. The summed E-state index contributed by atoms with van der Waals surface area (Å²) in [5.74, 6) is 5.76. The Hall–Kier alpha value is -1.39. The van der Waals surface area contributed by atoms with Gasteiger partial charge >= 0.3 is 0 Å². The van der Waals surface area contributed by atoms with Crippen molar-refractivity contribution in [3.05, 3.63) is 35.4 Å². The Morgan fingerprint density at radius 1 is 1.40 bits per heavy atom. The summed E-state index contributed by atoms with van der Waals surface area (Å²) < 4.78 is 28.1. The quantitative estimate of drug-likeness (QED) is 0.773. The molecule has 20 heavy (non-hydrogen) atoms. The Bertz CT molecular complexity index is 627. The molecular formula is C14H19N3O2S. The average Bonchev–Trinajstić information content (AvgIpc) is 3.21. The van der Waals surface area contributed by atoms with Gasteiger partial charge in [0.1, 0.15) is 0 Å². The zero-order chi connectivity index (χ0) is 14.6. The van der Waals surface area contributed by atoms with Gasteiger partial charge in [0.25, 0.3) is 10.2 Å². The fourth-order valence-corrected chi connectivity index (χ4v) is 2.90. The third kappa shape index (κ3) is 4.05. The van der Waals surface area contributed by atoms with E-state index >= 15 is 0 Å². The van der Waals surface area contributed by atoms with Crippen molar-refractivity contribution in [1.82, 2.24) is 9.03 Å². The van der Waals surface area contributed by atoms with E-state index in [9.17, 15) is 8.42 Å². The highest BCUT2D eigenvalue weighted by Gasteiger charge is 2.29. The van der Waals surface area contributed by atoms with E-state index in [4.69, 9.17) is 5.73 Å². The molecule has 0 amide bonds. The molecule has 0 aromatic heterocycles. The Balaban J connectivity index is 2.12. The molecule has 0 saturated heterocycles. The summed E-state index contributed by atoms with van der Waals surface area (Å²) in [6.45, 7) is 0.573. The van der Waals surface area contributed by atoms with Gasteiger partial charge in [0.15, 0.2) is 0 Å². The van der Waals surface area contributed by atoms with Crippen LogP contribution in [0, 0.1) is 11.8 Å². The lowest BCUT2D eigenvalue weighted by Crippen LogP contribution is -2.39. The Kier molecular flexibility index (Phi) is 4.78. The van der Waals surface area contributed by atoms with Crippen LogP contribution in [0.1, 0.15) is 24.0 Å². The third-order valence-electron chi connectivity index (χ3n) is 3.04. The van der Waals surface area contributed by atoms with Crippen molar-refractivity contribution in [1.29, 1.82) is 0 Å². The molecule has 1 aliphatic carbocycles. The number of benzene rings is 1. The van der Waals surface area contributed by atoms with Crippen molar-refractivity contribution in [3.63, 3.8) is 0 Å². The maximum absolute atomic E-state index is 12.1. The topological polar surface area (TPSA) is 75.4 Å². The summed E-state index contributed by atoms with van der Waals surface area (Å²) >= 11 is 0.